The fourth-order valence-corrected chi connectivity index (χ4v) is 3.59. The van der Waals surface area contributed by atoms with Crippen molar-refractivity contribution < 1.29 is 18.3 Å². The Balaban J connectivity index is 1.34. The lowest BCUT2D eigenvalue weighted by atomic mass is 9.98. The van der Waals surface area contributed by atoms with E-state index in [-0.39, 0.29) is 24.2 Å². The van der Waals surface area contributed by atoms with E-state index in [1.54, 1.807) is 23.2 Å². The molecule has 1 fully saturated rings. The van der Waals surface area contributed by atoms with E-state index in [1.807, 2.05) is 18.2 Å². The molecule has 1 amide bonds. The Bertz CT molecular complexity index is 958. The van der Waals surface area contributed by atoms with Crippen molar-refractivity contribution in [3.05, 3.63) is 83.8 Å². The van der Waals surface area contributed by atoms with Gasteiger partial charge in [0.15, 0.2) is 12.5 Å². The number of aromatic nitrogens is 1. The van der Waals surface area contributed by atoms with Crippen LogP contribution in [0.1, 0.15) is 36.0 Å². The van der Waals surface area contributed by atoms with Crippen LogP contribution in [-0.4, -0.2) is 35.5 Å². The van der Waals surface area contributed by atoms with Gasteiger partial charge in [-0.2, -0.15) is 0 Å². The minimum absolute atomic E-state index is 0.0754. The molecule has 1 aromatic heterocycles. The first-order valence-corrected chi connectivity index (χ1v) is 9.82. The van der Waals surface area contributed by atoms with Crippen molar-refractivity contribution in [2.45, 2.75) is 25.2 Å². The highest BCUT2D eigenvalue weighted by Crippen LogP contribution is 2.27. The summed E-state index contributed by atoms with van der Waals surface area (Å²) >= 11 is 0. The van der Waals surface area contributed by atoms with E-state index in [9.17, 15) is 9.18 Å². The lowest BCUT2D eigenvalue weighted by Crippen LogP contribution is -2.41. The number of nitrogens with zero attached hydrogens (tertiary/aromatic N) is 2. The molecule has 1 saturated heterocycles. The number of amides is 1. The van der Waals surface area contributed by atoms with Gasteiger partial charge < -0.3 is 14.1 Å². The van der Waals surface area contributed by atoms with Crippen LogP contribution in [0.15, 0.2) is 65.2 Å². The van der Waals surface area contributed by atoms with Gasteiger partial charge in [0.05, 0.1) is 12.1 Å². The summed E-state index contributed by atoms with van der Waals surface area (Å²) in [6.07, 6.45) is 4.29. The van der Waals surface area contributed by atoms with Crippen molar-refractivity contribution in [3.63, 3.8) is 0 Å². The molecular weight excluding hydrogens is 371 g/mol. The van der Waals surface area contributed by atoms with Crippen LogP contribution in [-0.2, 0) is 11.2 Å². The van der Waals surface area contributed by atoms with E-state index in [1.165, 1.54) is 17.7 Å². The third kappa shape index (κ3) is 5.02. The molecule has 1 aliphatic rings. The highest BCUT2D eigenvalue weighted by atomic mass is 19.1. The van der Waals surface area contributed by atoms with Crippen molar-refractivity contribution in [2.24, 2.45) is 0 Å². The fourth-order valence-electron chi connectivity index (χ4n) is 3.59. The zero-order valence-corrected chi connectivity index (χ0v) is 16.1. The fraction of sp³-hybridized carbons (Fsp3) is 0.304. The Morgan fingerprint density at radius 2 is 2.07 bits per heavy atom. The van der Waals surface area contributed by atoms with Crippen LogP contribution in [0, 0.1) is 5.82 Å². The molecule has 0 N–H and O–H groups in total. The van der Waals surface area contributed by atoms with Crippen molar-refractivity contribution in [1.82, 2.24) is 9.88 Å². The number of ether oxygens (including phenoxy) is 1. The molecule has 1 unspecified atom stereocenters. The number of benzene rings is 2. The summed E-state index contributed by atoms with van der Waals surface area (Å²) in [7, 11) is 0. The van der Waals surface area contributed by atoms with Gasteiger partial charge in [0.2, 0.25) is 0 Å². The van der Waals surface area contributed by atoms with Crippen LogP contribution >= 0.6 is 0 Å². The number of likely N-dealkylation sites (tertiary alicyclic amines) is 1. The van der Waals surface area contributed by atoms with E-state index in [4.69, 9.17) is 9.15 Å². The smallest absolute Gasteiger partial charge is 0.260 e. The molecule has 3 aromatic rings. The summed E-state index contributed by atoms with van der Waals surface area (Å²) < 4.78 is 24.7. The number of carbonyl (C=O) groups is 1. The van der Waals surface area contributed by atoms with E-state index in [0.717, 1.165) is 18.6 Å². The minimum Gasteiger partial charge on any atom is -0.484 e. The molecule has 150 valence electrons. The van der Waals surface area contributed by atoms with Crippen LogP contribution in [0.25, 0.3) is 0 Å². The molecule has 2 heterocycles. The van der Waals surface area contributed by atoms with E-state index in [0.29, 0.717) is 31.2 Å². The van der Waals surface area contributed by atoms with Crippen LogP contribution in [0.3, 0.4) is 0 Å². The van der Waals surface area contributed by atoms with Gasteiger partial charge in [0.1, 0.15) is 17.3 Å². The lowest BCUT2D eigenvalue weighted by Gasteiger charge is -2.31. The van der Waals surface area contributed by atoms with Gasteiger partial charge in [0, 0.05) is 25.6 Å². The van der Waals surface area contributed by atoms with Crippen molar-refractivity contribution in [3.8, 4) is 5.75 Å². The second-order valence-electron chi connectivity index (χ2n) is 7.25. The first kappa shape index (κ1) is 19.2. The molecule has 5 nitrogen and oxygen atoms in total. The molecule has 29 heavy (non-hydrogen) atoms. The molecule has 0 spiro atoms. The average Bonchev–Trinajstić information content (AvgIpc) is 3.21. The Morgan fingerprint density at radius 1 is 1.21 bits per heavy atom. The standard InChI is InChI=1S/C23H23FN2O3/c24-19-9-4-10-20(13-19)28-16-22(27)26-11-5-8-18(15-26)23-25-14-21(29-23)12-17-6-2-1-3-7-17/h1-4,6-7,9-10,13-14,18H,5,8,11-12,15-16H2. The minimum atomic E-state index is -0.386. The number of hydrogen-bond donors (Lipinski definition) is 0. The molecule has 4 rings (SSSR count). The molecule has 6 heteroatoms. The number of piperidine rings is 1. The summed E-state index contributed by atoms with van der Waals surface area (Å²) in [6.45, 7) is 1.12. The second kappa shape index (κ2) is 8.90. The van der Waals surface area contributed by atoms with Gasteiger partial charge in [-0.05, 0) is 30.5 Å². The van der Waals surface area contributed by atoms with Crippen LogP contribution < -0.4 is 4.74 Å². The SMILES string of the molecule is O=C(COc1cccc(F)c1)N1CCCC(c2ncc(Cc3ccccc3)o2)C1. The largest absolute Gasteiger partial charge is 0.484 e. The van der Waals surface area contributed by atoms with E-state index in [2.05, 4.69) is 17.1 Å². The Hall–Kier alpha value is -3.15. The third-order valence-electron chi connectivity index (χ3n) is 5.07. The number of oxazole rings is 1. The molecule has 0 saturated carbocycles. The molecular formula is C23H23FN2O3. The van der Waals surface area contributed by atoms with Crippen LogP contribution in [0.5, 0.6) is 5.75 Å². The molecule has 0 radical (unpaired) electrons. The lowest BCUT2D eigenvalue weighted by molar-refractivity contribution is -0.134. The Labute approximate surface area is 169 Å². The summed E-state index contributed by atoms with van der Waals surface area (Å²) in [4.78, 5) is 18.8. The molecule has 2 aromatic carbocycles. The van der Waals surface area contributed by atoms with E-state index >= 15 is 0 Å². The van der Waals surface area contributed by atoms with Crippen LogP contribution in [0.4, 0.5) is 4.39 Å². The maximum absolute atomic E-state index is 13.2. The van der Waals surface area contributed by atoms with Crippen molar-refractivity contribution >= 4 is 5.91 Å². The molecule has 1 aliphatic heterocycles. The van der Waals surface area contributed by atoms with Gasteiger partial charge in [-0.3, -0.25) is 4.79 Å². The first-order chi connectivity index (χ1) is 14.2. The summed E-state index contributed by atoms with van der Waals surface area (Å²) in [5.74, 6) is 1.43. The number of rotatable bonds is 6. The van der Waals surface area contributed by atoms with Gasteiger partial charge in [0.25, 0.3) is 5.91 Å². The number of carbonyl (C=O) groups excluding carboxylic acids is 1. The molecule has 0 bridgehead atoms. The molecule has 1 atom stereocenters. The zero-order chi connectivity index (χ0) is 20.1. The van der Waals surface area contributed by atoms with Gasteiger partial charge in [-0.25, -0.2) is 9.37 Å². The second-order valence-corrected chi connectivity index (χ2v) is 7.25. The quantitative estimate of drug-likeness (QED) is 0.629. The average molecular weight is 394 g/mol. The Kier molecular flexibility index (Phi) is 5.89. The summed E-state index contributed by atoms with van der Waals surface area (Å²) in [5, 5.41) is 0. The first-order valence-electron chi connectivity index (χ1n) is 9.82. The number of hydrogen-bond acceptors (Lipinski definition) is 4. The van der Waals surface area contributed by atoms with Crippen molar-refractivity contribution in [2.75, 3.05) is 19.7 Å². The third-order valence-corrected chi connectivity index (χ3v) is 5.07. The molecule has 0 aliphatic carbocycles. The van der Waals surface area contributed by atoms with Gasteiger partial charge in [-0.1, -0.05) is 36.4 Å². The predicted octanol–water partition coefficient (Wildman–Crippen LogP) is 4.19. The maximum Gasteiger partial charge on any atom is 0.260 e. The summed E-state index contributed by atoms with van der Waals surface area (Å²) in [6, 6.07) is 15.9. The zero-order valence-electron chi connectivity index (χ0n) is 16.1. The number of halogens is 1. The predicted molar refractivity (Wildman–Crippen MR) is 106 cm³/mol. The summed E-state index contributed by atoms with van der Waals surface area (Å²) in [5.41, 5.74) is 1.17. The maximum atomic E-state index is 13.2. The van der Waals surface area contributed by atoms with Crippen LogP contribution in [0.2, 0.25) is 0 Å². The monoisotopic (exact) mass is 394 g/mol. The normalized spacial score (nSPS) is 16.6. The van der Waals surface area contributed by atoms with Gasteiger partial charge in [-0.15, -0.1) is 0 Å². The highest BCUT2D eigenvalue weighted by molar-refractivity contribution is 5.78. The van der Waals surface area contributed by atoms with E-state index < -0.39 is 0 Å². The highest BCUT2D eigenvalue weighted by Gasteiger charge is 2.28. The van der Waals surface area contributed by atoms with Crippen molar-refractivity contribution in [1.29, 1.82) is 0 Å². The van der Waals surface area contributed by atoms with Gasteiger partial charge >= 0.3 is 0 Å². The Morgan fingerprint density at radius 3 is 2.90 bits per heavy atom. The topological polar surface area (TPSA) is 55.6 Å².